The summed E-state index contributed by atoms with van der Waals surface area (Å²) in [6, 6.07) is 13.4. The Balaban J connectivity index is 2.25. The highest BCUT2D eigenvalue weighted by Crippen LogP contribution is 2.32. The molecule has 0 saturated heterocycles. The van der Waals surface area contributed by atoms with Crippen LogP contribution in [0.5, 0.6) is 0 Å². The van der Waals surface area contributed by atoms with Gasteiger partial charge < -0.3 is 5.73 Å². The molecule has 2 N–H and O–H groups in total. The van der Waals surface area contributed by atoms with Crippen molar-refractivity contribution in [1.82, 2.24) is 0 Å². The van der Waals surface area contributed by atoms with E-state index in [0.717, 1.165) is 18.5 Å². The highest BCUT2D eigenvalue weighted by molar-refractivity contribution is 5.58. The highest BCUT2D eigenvalue weighted by atomic mass is 14.6. The normalized spacial score (nSPS) is 11.3. The van der Waals surface area contributed by atoms with E-state index in [1.807, 2.05) is 0 Å². The topological polar surface area (TPSA) is 26.0 Å². The largest absolute Gasteiger partial charge is 0.398 e. The molecule has 0 aromatic heterocycles. The van der Waals surface area contributed by atoms with Gasteiger partial charge in [0.05, 0.1) is 0 Å². The molecule has 38 heavy (non-hydrogen) atoms. The fourth-order valence-electron chi connectivity index (χ4n) is 6.04. The minimum atomic E-state index is 1.01. The van der Waals surface area contributed by atoms with Crippen molar-refractivity contribution >= 4 is 5.69 Å². The fourth-order valence-corrected chi connectivity index (χ4v) is 6.04. The van der Waals surface area contributed by atoms with Gasteiger partial charge in [-0.2, -0.15) is 0 Å². The van der Waals surface area contributed by atoms with Gasteiger partial charge in [0.15, 0.2) is 0 Å². The van der Waals surface area contributed by atoms with Gasteiger partial charge in [-0.1, -0.05) is 147 Å². The molecule has 0 spiro atoms. The van der Waals surface area contributed by atoms with Crippen LogP contribution in [0.4, 0.5) is 5.69 Å². The Morgan fingerprint density at radius 3 is 1.39 bits per heavy atom. The van der Waals surface area contributed by atoms with Crippen molar-refractivity contribution in [3.8, 4) is 0 Å². The summed E-state index contributed by atoms with van der Waals surface area (Å²) in [5, 5.41) is 0. The fraction of sp³-hybridized carbons (Fsp3) is 0.676. The molecule has 0 heterocycles. The molecule has 0 bridgehead atoms. The van der Waals surface area contributed by atoms with Crippen LogP contribution < -0.4 is 5.73 Å². The minimum absolute atomic E-state index is 1.01. The summed E-state index contributed by atoms with van der Waals surface area (Å²) >= 11 is 0. The lowest BCUT2D eigenvalue weighted by Gasteiger charge is -2.22. The third kappa shape index (κ3) is 12.9. The second-order valence-electron chi connectivity index (χ2n) is 11.8. The van der Waals surface area contributed by atoms with Crippen LogP contribution in [-0.2, 0) is 25.7 Å². The molecule has 1 heteroatoms. The Morgan fingerprint density at radius 1 is 0.474 bits per heavy atom. The number of anilines is 1. The number of nitrogen functional groups attached to an aromatic ring is 1. The maximum absolute atomic E-state index is 6.89. The highest BCUT2D eigenvalue weighted by Gasteiger charge is 2.17. The van der Waals surface area contributed by atoms with E-state index < -0.39 is 0 Å². The summed E-state index contributed by atoms with van der Waals surface area (Å²) in [4.78, 5) is 0. The predicted molar refractivity (Wildman–Crippen MR) is 171 cm³/mol. The van der Waals surface area contributed by atoms with Crippen LogP contribution in [0.15, 0.2) is 36.4 Å². The summed E-state index contributed by atoms with van der Waals surface area (Å²) in [6.07, 6.45) is 29.0. The Kier molecular flexibility index (Phi) is 18.0. The third-order valence-electron chi connectivity index (χ3n) is 8.37. The van der Waals surface area contributed by atoms with E-state index >= 15 is 0 Å². The zero-order valence-electron chi connectivity index (χ0n) is 25.6. The van der Waals surface area contributed by atoms with E-state index in [9.17, 15) is 0 Å². The zero-order chi connectivity index (χ0) is 27.3. The second kappa shape index (κ2) is 21.1. The van der Waals surface area contributed by atoms with Crippen LogP contribution in [0.1, 0.15) is 164 Å². The van der Waals surface area contributed by atoms with Crippen molar-refractivity contribution in [3.05, 3.63) is 64.2 Å². The molecule has 2 aromatic carbocycles. The Labute approximate surface area is 237 Å². The lowest BCUT2D eigenvalue weighted by molar-refractivity contribution is 0.592. The molecule has 0 amide bonds. The summed E-state index contributed by atoms with van der Waals surface area (Å²) in [5.41, 5.74) is 15.7. The number of rotatable bonds is 23. The SMILES string of the molecule is CCCCCCCCc1c(N)cc(Cc2ccccc2)c(CCCCCCCC)c1CCCCCCCC. The van der Waals surface area contributed by atoms with Crippen LogP contribution in [0.2, 0.25) is 0 Å². The van der Waals surface area contributed by atoms with E-state index in [-0.39, 0.29) is 0 Å². The van der Waals surface area contributed by atoms with E-state index in [2.05, 4.69) is 57.2 Å². The van der Waals surface area contributed by atoms with Gasteiger partial charge in [0, 0.05) is 5.69 Å². The van der Waals surface area contributed by atoms with Crippen LogP contribution in [0.3, 0.4) is 0 Å². The van der Waals surface area contributed by atoms with Crippen molar-refractivity contribution in [3.63, 3.8) is 0 Å². The first kappa shape index (κ1) is 32.5. The molecule has 0 aliphatic carbocycles. The first-order valence-electron chi connectivity index (χ1n) is 16.7. The molecule has 0 unspecified atom stereocenters. The maximum Gasteiger partial charge on any atom is 0.0352 e. The molecule has 1 nitrogen and oxygen atoms in total. The molecule has 0 radical (unpaired) electrons. The molecule has 0 aliphatic heterocycles. The van der Waals surface area contributed by atoms with E-state index in [1.54, 1.807) is 11.1 Å². The monoisotopic (exact) mass is 519 g/mol. The van der Waals surface area contributed by atoms with Gasteiger partial charge in [-0.15, -0.1) is 0 Å². The predicted octanol–water partition coefficient (Wildman–Crippen LogP) is 11.6. The van der Waals surface area contributed by atoms with Crippen molar-refractivity contribution in [2.75, 3.05) is 5.73 Å². The van der Waals surface area contributed by atoms with Crippen molar-refractivity contribution in [2.45, 2.75) is 162 Å². The maximum atomic E-state index is 6.89. The summed E-state index contributed by atoms with van der Waals surface area (Å²) in [7, 11) is 0. The average Bonchev–Trinajstić information content (AvgIpc) is 2.93. The quantitative estimate of drug-likeness (QED) is 0.115. The Morgan fingerprint density at radius 2 is 0.895 bits per heavy atom. The van der Waals surface area contributed by atoms with Gasteiger partial charge in [-0.05, 0) is 78.8 Å². The van der Waals surface area contributed by atoms with Crippen molar-refractivity contribution in [2.24, 2.45) is 0 Å². The van der Waals surface area contributed by atoms with Gasteiger partial charge in [0.2, 0.25) is 0 Å². The van der Waals surface area contributed by atoms with E-state index in [1.165, 1.54) is 145 Å². The van der Waals surface area contributed by atoms with E-state index in [4.69, 9.17) is 5.73 Å². The Bertz CT molecular complexity index is 838. The molecule has 2 aromatic rings. The zero-order valence-corrected chi connectivity index (χ0v) is 25.6. The standard InChI is InChI=1S/C37H61N/c1-4-7-10-13-16-22-27-34-33(30-32-25-20-19-21-26-32)31-37(38)36(29-24-18-15-12-9-6-3)35(34)28-23-17-14-11-8-5-2/h19-21,25-26,31H,4-18,22-24,27-30,38H2,1-3H3. The van der Waals surface area contributed by atoms with Crippen molar-refractivity contribution < 1.29 is 0 Å². The second-order valence-corrected chi connectivity index (χ2v) is 11.8. The summed E-state index contributed by atoms with van der Waals surface area (Å²) < 4.78 is 0. The molecule has 0 fully saturated rings. The summed E-state index contributed by atoms with van der Waals surface area (Å²) in [5.74, 6) is 0. The molecule has 2 rings (SSSR count). The smallest absolute Gasteiger partial charge is 0.0352 e. The molecular weight excluding hydrogens is 458 g/mol. The molecule has 214 valence electrons. The van der Waals surface area contributed by atoms with Crippen LogP contribution >= 0.6 is 0 Å². The van der Waals surface area contributed by atoms with Gasteiger partial charge in [-0.3, -0.25) is 0 Å². The van der Waals surface area contributed by atoms with Gasteiger partial charge in [0.25, 0.3) is 0 Å². The minimum Gasteiger partial charge on any atom is -0.398 e. The number of nitrogens with two attached hydrogens (primary N) is 1. The average molecular weight is 520 g/mol. The molecule has 0 saturated carbocycles. The van der Waals surface area contributed by atoms with Crippen LogP contribution in [0, 0.1) is 0 Å². The van der Waals surface area contributed by atoms with Gasteiger partial charge in [0.1, 0.15) is 0 Å². The number of hydrogen-bond donors (Lipinski definition) is 1. The summed E-state index contributed by atoms with van der Waals surface area (Å²) in [6.45, 7) is 6.92. The lowest BCUT2D eigenvalue weighted by Crippen LogP contribution is -2.10. The first-order chi connectivity index (χ1) is 18.7. The number of hydrogen-bond acceptors (Lipinski definition) is 1. The first-order valence-corrected chi connectivity index (χ1v) is 16.7. The molecule has 0 aliphatic rings. The van der Waals surface area contributed by atoms with Gasteiger partial charge >= 0.3 is 0 Å². The van der Waals surface area contributed by atoms with Crippen LogP contribution in [0.25, 0.3) is 0 Å². The van der Waals surface area contributed by atoms with Crippen LogP contribution in [-0.4, -0.2) is 0 Å². The van der Waals surface area contributed by atoms with E-state index in [0.29, 0.717) is 0 Å². The molecule has 0 atom stereocenters. The number of unbranched alkanes of at least 4 members (excludes halogenated alkanes) is 15. The van der Waals surface area contributed by atoms with Crippen molar-refractivity contribution in [1.29, 1.82) is 0 Å². The number of benzene rings is 2. The third-order valence-corrected chi connectivity index (χ3v) is 8.37. The van der Waals surface area contributed by atoms with Gasteiger partial charge in [-0.25, -0.2) is 0 Å². The Hall–Kier alpha value is -1.76. The lowest BCUT2D eigenvalue weighted by atomic mass is 9.84. The molecular formula is C37H61N.